The smallest absolute Gasteiger partial charge is 0.254 e. The van der Waals surface area contributed by atoms with Gasteiger partial charge in [-0.05, 0) is 23.8 Å². The monoisotopic (exact) mass is 424 g/mol. The van der Waals surface area contributed by atoms with E-state index < -0.39 is 0 Å². The molecule has 2 aromatic carbocycles. The molecule has 2 aliphatic heterocycles. The van der Waals surface area contributed by atoms with Crippen molar-refractivity contribution in [3.63, 3.8) is 0 Å². The Morgan fingerprint density at radius 1 is 0.871 bits per heavy atom. The van der Waals surface area contributed by atoms with Gasteiger partial charge in [0.1, 0.15) is 5.75 Å². The van der Waals surface area contributed by atoms with Crippen LogP contribution in [-0.2, 0) is 14.3 Å². The molecule has 0 spiro atoms. The molecule has 31 heavy (non-hydrogen) atoms. The number of rotatable bonds is 5. The highest BCUT2D eigenvalue weighted by Gasteiger charge is 2.27. The lowest BCUT2D eigenvalue weighted by Gasteiger charge is -2.29. The van der Waals surface area contributed by atoms with Crippen molar-refractivity contribution in [3.8, 4) is 5.75 Å². The summed E-state index contributed by atoms with van der Waals surface area (Å²) in [5.74, 6) is -0.339. The van der Waals surface area contributed by atoms with Crippen LogP contribution in [0.15, 0.2) is 48.5 Å². The number of amides is 2. The van der Waals surface area contributed by atoms with Gasteiger partial charge in [0.2, 0.25) is 5.91 Å². The minimum absolute atomic E-state index is 0.0152. The Bertz CT molecular complexity index is 905. The molecule has 4 rings (SSSR count). The molecule has 0 unspecified atom stereocenters. The van der Waals surface area contributed by atoms with Crippen LogP contribution in [0.4, 0.5) is 0 Å². The van der Waals surface area contributed by atoms with Crippen LogP contribution < -0.4 is 0 Å². The number of carbonyl (C=O) groups excluding carboxylic acids is 2. The number of hydrogen-bond acceptors (Lipinski definition) is 5. The van der Waals surface area contributed by atoms with Crippen LogP contribution >= 0.6 is 0 Å². The molecule has 2 saturated heterocycles. The first-order valence-electron chi connectivity index (χ1n) is 10.7. The number of ether oxygens (including phenoxy) is 2. The lowest BCUT2D eigenvalue weighted by molar-refractivity contribution is -0.135. The molecule has 1 N–H and O–H groups in total. The highest BCUT2D eigenvalue weighted by atomic mass is 16.5. The van der Waals surface area contributed by atoms with E-state index in [1.807, 2.05) is 30.3 Å². The molecular weight excluding hydrogens is 396 g/mol. The van der Waals surface area contributed by atoms with Gasteiger partial charge in [0.05, 0.1) is 26.4 Å². The summed E-state index contributed by atoms with van der Waals surface area (Å²) in [4.78, 5) is 29.6. The van der Waals surface area contributed by atoms with Crippen LogP contribution in [0.3, 0.4) is 0 Å². The summed E-state index contributed by atoms with van der Waals surface area (Å²) in [6.07, 6.45) is 0.215. The second kappa shape index (κ2) is 9.94. The van der Waals surface area contributed by atoms with Crippen molar-refractivity contribution in [3.05, 3.63) is 65.2 Å². The summed E-state index contributed by atoms with van der Waals surface area (Å²) in [6, 6.07) is 14.6. The highest BCUT2D eigenvalue weighted by molar-refractivity contribution is 5.95. The number of nitrogens with zero attached hydrogens (tertiary/aromatic N) is 2. The number of benzene rings is 2. The molecule has 0 radical (unpaired) electrons. The van der Waals surface area contributed by atoms with Crippen LogP contribution in [-0.4, -0.2) is 79.3 Å². The van der Waals surface area contributed by atoms with Gasteiger partial charge in [-0.2, -0.15) is 0 Å². The molecule has 0 aromatic heterocycles. The van der Waals surface area contributed by atoms with Crippen molar-refractivity contribution in [1.29, 1.82) is 0 Å². The van der Waals surface area contributed by atoms with Crippen LogP contribution in [0.1, 0.15) is 33.8 Å². The van der Waals surface area contributed by atoms with E-state index in [9.17, 15) is 14.7 Å². The maximum atomic E-state index is 13.0. The summed E-state index contributed by atoms with van der Waals surface area (Å²) >= 11 is 0. The van der Waals surface area contributed by atoms with E-state index in [4.69, 9.17) is 9.47 Å². The lowest BCUT2D eigenvalue weighted by atomic mass is 9.86. The fourth-order valence-corrected chi connectivity index (χ4v) is 4.12. The Kier molecular flexibility index (Phi) is 6.84. The third kappa shape index (κ3) is 5.06. The molecule has 0 bridgehead atoms. The fraction of sp³-hybridized carbons (Fsp3) is 0.417. The second-order valence-corrected chi connectivity index (χ2v) is 7.84. The van der Waals surface area contributed by atoms with Gasteiger partial charge in [-0.3, -0.25) is 9.59 Å². The second-order valence-electron chi connectivity index (χ2n) is 7.84. The van der Waals surface area contributed by atoms with Gasteiger partial charge in [0, 0.05) is 49.6 Å². The number of aromatic hydroxyl groups is 1. The first kappa shape index (κ1) is 21.3. The summed E-state index contributed by atoms with van der Waals surface area (Å²) in [7, 11) is 0. The van der Waals surface area contributed by atoms with Gasteiger partial charge in [-0.25, -0.2) is 0 Å². The van der Waals surface area contributed by atoms with Gasteiger partial charge in [-0.1, -0.05) is 30.3 Å². The largest absolute Gasteiger partial charge is 0.508 e. The first-order valence-corrected chi connectivity index (χ1v) is 10.7. The summed E-state index contributed by atoms with van der Waals surface area (Å²) < 4.78 is 10.7. The fourth-order valence-electron chi connectivity index (χ4n) is 4.12. The predicted molar refractivity (Wildman–Crippen MR) is 115 cm³/mol. The van der Waals surface area contributed by atoms with Crippen molar-refractivity contribution in [2.24, 2.45) is 0 Å². The summed E-state index contributed by atoms with van der Waals surface area (Å²) in [5, 5.41) is 10.7. The topological polar surface area (TPSA) is 79.3 Å². The van der Waals surface area contributed by atoms with E-state index in [0.717, 1.165) is 5.56 Å². The molecule has 2 aliphatic rings. The maximum absolute atomic E-state index is 13.0. The number of carbonyl (C=O) groups is 2. The summed E-state index contributed by atoms with van der Waals surface area (Å²) in [6.45, 7) is 4.37. The predicted octanol–water partition coefficient (Wildman–Crippen LogP) is 2.25. The van der Waals surface area contributed by atoms with Gasteiger partial charge in [0.25, 0.3) is 5.91 Å². The normalized spacial score (nSPS) is 17.9. The van der Waals surface area contributed by atoms with Gasteiger partial charge >= 0.3 is 0 Å². The number of hydrogen-bond donors (Lipinski definition) is 1. The molecule has 2 heterocycles. The third-order valence-electron chi connectivity index (χ3n) is 5.89. The standard InChI is InChI=1S/C24H28N2O5/c27-22-7-6-19(24(29)26-10-14-31-15-11-26)16-21(22)20(18-4-2-1-3-5-18)17-23(28)25-8-12-30-13-9-25/h1-7,16,20,27H,8-15,17H2/t20-/m0/s1. The molecule has 2 amide bonds. The van der Waals surface area contributed by atoms with E-state index in [1.165, 1.54) is 0 Å². The van der Waals surface area contributed by atoms with Crippen LogP contribution in [0.5, 0.6) is 5.75 Å². The lowest BCUT2D eigenvalue weighted by Crippen LogP contribution is -2.41. The van der Waals surface area contributed by atoms with E-state index in [2.05, 4.69) is 0 Å². The Labute approximate surface area is 182 Å². The molecule has 164 valence electrons. The molecular formula is C24H28N2O5. The SMILES string of the molecule is O=C(C[C@@H](c1ccccc1)c1cc(C(=O)N2CCOCC2)ccc1O)N1CCOCC1. The van der Waals surface area contributed by atoms with E-state index in [-0.39, 0.29) is 29.9 Å². The van der Waals surface area contributed by atoms with E-state index in [1.54, 1.807) is 28.0 Å². The number of morpholine rings is 2. The minimum atomic E-state index is -0.353. The quantitative estimate of drug-likeness (QED) is 0.797. The van der Waals surface area contributed by atoms with Crippen molar-refractivity contribution < 1.29 is 24.2 Å². The van der Waals surface area contributed by atoms with Gasteiger partial charge in [-0.15, -0.1) is 0 Å². The zero-order chi connectivity index (χ0) is 21.6. The zero-order valence-electron chi connectivity index (χ0n) is 17.5. The van der Waals surface area contributed by atoms with Gasteiger partial charge in [0.15, 0.2) is 0 Å². The van der Waals surface area contributed by atoms with E-state index >= 15 is 0 Å². The van der Waals surface area contributed by atoms with Crippen molar-refractivity contribution >= 4 is 11.8 Å². The Balaban J connectivity index is 1.64. The maximum Gasteiger partial charge on any atom is 0.254 e. The van der Waals surface area contributed by atoms with Crippen LogP contribution in [0.25, 0.3) is 0 Å². The Morgan fingerprint density at radius 2 is 1.48 bits per heavy atom. The zero-order valence-corrected chi connectivity index (χ0v) is 17.5. The molecule has 0 aliphatic carbocycles. The first-order chi connectivity index (χ1) is 15.1. The summed E-state index contributed by atoms with van der Waals surface area (Å²) in [5.41, 5.74) is 2.02. The molecule has 7 heteroatoms. The minimum Gasteiger partial charge on any atom is -0.508 e. The van der Waals surface area contributed by atoms with Crippen molar-refractivity contribution in [2.45, 2.75) is 12.3 Å². The van der Waals surface area contributed by atoms with Crippen LogP contribution in [0, 0.1) is 0 Å². The van der Waals surface area contributed by atoms with E-state index in [0.29, 0.717) is 63.7 Å². The molecule has 0 saturated carbocycles. The molecule has 1 atom stereocenters. The van der Waals surface area contributed by atoms with Crippen molar-refractivity contribution in [2.75, 3.05) is 52.6 Å². The molecule has 2 aromatic rings. The molecule has 7 nitrogen and oxygen atoms in total. The number of phenolic OH excluding ortho intramolecular Hbond substituents is 1. The third-order valence-corrected chi connectivity index (χ3v) is 5.89. The average molecular weight is 424 g/mol. The van der Waals surface area contributed by atoms with Crippen molar-refractivity contribution in [1.82, 2.24) is 9.80 Å². The van der Waals surface area contributed by atoms with Gasteiger partial charge < -0.3 is 24.4 Å². The molecule has 2 fully saturated rings. The van der Waals surface area contributed by atoms with Crippen LogP contribution in [0.2, 0.25) is 0 Å². The Morgan fingerprint density at radius 3 is 2.13 bits per heavy atom. The number of phenols is 1. The Hall–Kier alpha value is -2.90. The average Bonchev–Trinajstić information content (AvgIpc) is 2.84. The highest BCUT2D eigenvalue weighted by Crippen LogP contribution is 2.35.